The highest BCUT2D eigenvalue weighted by Gasteiger charge is 2.52. The van der Waals surface area contributed by atoms with E-state index in [0.717, 1.165) is 22.3 Å². The molecule has 0 aliphatic carbocycles. The third-order valence-corrected chi connectivity index (χ3v) is 8.44. The Kier molecular flexibility index (Phi) is 5.10. The minimum Gasteiger partial charge on any atom is -0.399 e. The first-order valence-electron chi connectivity index (χ1n) is 13.3. The molecule has 0 amide bonds. The predicted octanol–water partition coefficient (Wildman–Crippen LogP) is 7.90. The SMILES string of the molecule is CC1(C)OB(c2ccccc2-c2ccc(-n3c4ccccc4c4cc5ccccc5cc43)cc2)OC1(C)C. The number of para-hydroxylation sites is 1. The molecule has 7 rings (SSSR count). The highest BCUT2D eigenvalue weighted by Crippen LogP contribution is 2.38. The van der Waals surface area contributed by atoms with Gasteiger partial charge in [0.1, 0.15) is 0 Å². The van der Waals surface area contributed by atoms with Crippen LogP contribution < -0.4 is 5.46 Å². The Labute approximate surface area is 223 Å². The Hall–Kier alpha value is -3.86. The molecule has 0 spiro atoms. The second kappa shape index (κ2) is 8.32. The number of rotatable bonds is 3. The van der Waals surface area contributed by atoms with Crippen molar-refractivity contribution in [1.82, 2.24) is 4.57 Å². The molecule has 0 atom stereocenters. The number of hydrogen-bond donors (Lipinski definition) is 0. The molecule has 0 N–H and O–H groups in total. The van der Waals surface area contributed by atoms with Crippen LogP contribution in [-0.4, -0.2) is 22.9 Å². The Balaban J connectivity index is 1.34. The maximum atomic E-state index is 6.40. The summed E-state index contributed by atoms with van der Waals surface area (Å²) in [4.78, 5) is 0. The number of hydrogen-bond acceptors (Lipinski definition) is 2. The highest BCUT2D eigenvalue weighted by molar-refractivity contribution is 6.63. The van der Waals surface area contributed by atoms with E-state index in [1.165, 1.54) is 32.6 Å². The molecule has 1 aliphatic rings. The molecule has 1 fully saturated rings. The fourth-order valence-corrected chi connectivity index (χ4v) is 5.66. The molecule has 186 valence electrons. The molecule has 2 heterocycles. The summed E-state index contributed by atoms with van der Waals surface area (Å²) in [7, 11) is -0.401. The van der Waals surface area contributed by atoms with Crippen LogP contribution in [-0.2, 0) is 9.31 Å². The van der Waals surface area contributed by atoms with Gasteiger partial charge in [-0.1, -0.05) is 78.9 Å². The van der Waals surface area contributed by atoms with Crippen molar-refractivity contribution in [2.45, 2.75) is 38.9 Å². The second-order valence-electron chi connectivity index (χ2n) is 11.3. The Morgan fingerprint density at radius 2 is 1.18 bits per heavy atom. The molecule has 0 unspecified atom stereocenters. The van der Waals surface area contributed by atoms with Crippen molar-refractivity contribution >= 4 is 45.2 Å². The number of fused-ring (bicyclic) bond motifs is 4. The van der Waals surface area contributed by atoms with Crippen LogP contribution in [0, 0.1) is 0 Å². The van der Waals surface area contributed by atoms with Crippen LogP contribution in [0.1, 0.15) is 27.7 Å². The van der Waals surface area contributed by atoms with Gasteiger partial charge in [0.15, 0.2) is 0 Å². The van der Waals surface area contributed by atoms with E-state index < -0.39 is 7.12 Å². The average Bonchev–Trinajstić information content (AvgIpc) is 3.36. The quantitative estimate of drug-likeness (QED) is 0.233. The molecule has 1 aliphatic heterocycles. The summed E-state index contributed by atoms with van der Waals surface area (Å²) in [6.45, 7) is 8.39. The fourth-order valence-electron chi connectivity index (χ4n) is 5.66. The lowest BCUT2D eigenvalue weighted by Crippen LogP contribution is -2.41. The summed E-state index contributed by atoms with van der Waals surface area (Å²) in [6.07, 6.45) is 0. The van der Waals surface area contributed by atoms with Crippen molar-refractivity contribution in [2.24, 2.45) is 0 Å². The summed E-state index contributed by atoms with van der Waals surface area (Å²) in [5.74, 6) is 0. The van der Waals surface area contributed by atoms with Gasteiger partial charge in [-0.2, -0.15) is 0 Å². The van der Waals surface area contributed by atoms with Gasteiger partial charge in [-0.25, -0.2) is 0 Å². The molecule has 5 aromatic carbocycles. The van der Waals surface area contributed by atoms with Gasteiger partial charge in [-0.15, -0.1) is 0 Å². The summed E-state index contributed by atoms with van der Waals surface area (Å²) in [5, 5.41) is 5.05. The van der Waals surface area contributed by atoms with E-state index in [4.69, 9.17) is 9.31 Å². The van der Waals surface area contributed by atoms with E-state index in [0.29, 0.717) is 0 Å². The Morgan fingerprint density at radius 1 is 0.579 bits per heavy atom. The minimum absolute atomic E-state index is 0.380. The predicted molar refractivity (Wildman–Crippen MR) is 159 cm³/mol. The highest BCUT2D eigenvalue weighted by atomic mass is 16.7. The number of benzene rings is 5. The molecule has 0 saturated carbocycles. The number of aromatic nitrogens is 1. The molecule has 1 aromatic heterocycles. The van der Waals surface area contributed by atoms with Crippen LogP contribution in [0.25, 0.3) is 49.4 Å². The van der Waals surface area contributed by atoms with Crippen molar-refractivity contribution in [1.29, 1.82) is 0 Å². The van der Waals surface area contributed by atoms with Crippen molar-refractivity contribution < 1.29 is 9.31 Å². The molecule has 0 radical (unpaired) electrons. The first kappa shape index (κ1) is 23.3. The van der Waals surface area contributed by atoms with Gasteiger partial charge in [0, 0.05) is 16.5 Å². The first-order valence-corrected chi connectivity index (χ1v) is 13.3. The third-order valence-electron chi connectivity index (χ3n) is 8.44. The lowest BCUT2D eigenvalue weighted by molar-refractivity contribution is 0.00578. The fraction of sp³-hybridized carbons (Fsp3) is 0.176. The zero-order valence-electron chi connectivity index (χ0n) is 22.2. The summed E-state index contributed by atoms with van der Waals surface area (Å²) >= 11 is 0. The molecular weight excluding hydrogens is 465 g/mol. The van der Waals surface area contributed by atoms with E-state index in [9.17, 15) is 0 Å². The van der Waals surface area contributed by atoms with E-state index in [-0.39, 0.29) is 11.2 Å². The Morgan fingerprint density at radius 3 is 1.92 bits per heavy atom. The van der Waals surface area contributed by atoms with Crippen LogP contribution in [0.4, 0.5) is 0 Å². The van der Waals surface area contributed by atoms with Crippen LogP contribution in [0.2, 0.25) is 0 Å². The smallest absolute Gasteiger partial charge is 0.399 e. The molecule has 6 aromatic rings. The molecule has 4 heteroatoms. The molecule has 0 bridgehead atoms. The van der Waals surface area contributed by atoms with Gasteiger partial charge < -0.3 is 13.9 Å². The zero-order chi connectivity index (χ0) is 26.1. The standard InChI is InChI=1S/C34H30BNO2/c1-33(2)34(3,4)38-35(37-33)30-15-9-7-13-27(30)23-17-19-26(20-18-23)36-31-16-10-8-14-28(31)29-21-24-11-5-6-12-25(24)22-32(29)36/h5-22H,1-4H3. The van der Waals surface area contributed by atoms with Gasteiger partial charge in [0.05, 0.1) is 22.2 Å². The topological polar surface area (TPSA) is 23.4 Å². The van der Waals surface area contributed by atoms with E-state index in [1.807, 2.05) is 0 Å². The van der Waals surface area contributed by atoms with Gasteiger partial charge in [-0.05, 0) is 85.4 Å². The van der Waals surface area contributed by atoms with E-state index in [2.05, 4.69) is 141 Å². The zero-order valence-corrected chi connectivity index (χ0v) is 22.2. The lowest BCUT2D eigenvalue weighted by Gasteiger charge is -2.32. The Bertz CT molecular complexity index is 1820. The van der Waals surface area contributed by atoms with Gasteiger partial charge >= 0.3 is 7.12 Å². The minimum atomic E-state index is -0.401. The van der Waals surface area contributed by atoms with Crippen molar-refractivity contribution in [3.05, 3.63) is 109 Å². The molecule has 1 saturated heterocycles. The van der Waals surface area contributed by atoms with Crippen LogP contribution in [0.15, 0.2) is 109 Å². The second-order valence-corrected chi connectivity index (χ2v) is 11.3. The van der Waals surface area contributed by atoms with E-state index in [1.54, 1.807) is 0 Å². The molecular formula is C34H30BNO2. The molecule has 38 heavy (non-hydrogen) atoms. The van der Waals surface area contributed by atoms with Crippen molar-refractivity contribution in [2.75, 3.05) is 0 Å². The maximum absolute atomic E-state index is 6.40. The van der Waals surface area contributed by atoms with Crippen LogP contribution in [0.3, 0.4) is 0 Å². The largest absolute Gasteiger partial charge is 0.495 e. The summed E-state index contributed by atoms with van der Waals surface area (Å²) in [6, 6.07) is 39.1. The summed E-state index contributed by atoms with van der Waals surface area (Å²) < 4.78 is 15.2. The lowest BCUT2D eigenvalue weighted by atomic mass is 9.74. The monoisotopic (exact) mass is 495 g/mol. The van der Waals surface area contributed by atoms with Gasteiger partial charge in [0.25, 0.3) is 0 Å². The number of nitrogens with zero attached hydrogens (tertiary/aromatic N) is 1. The van der Waals surface area contributed by atoms with Crippen LogP contribution in [0.5, 0.6) is 0 Å². The maximum Gasteiger partial charge on any atom is 0.495 e. The first-order chi connectivity index (χ1) is 18.3. The third kappa shape index (κ3) is 3.52. The average molecular weight is 495 g/mol. The van der Waals surface area contributed by atoms with Crippen LogP contribution >= 0.6 is 0 Å². The van der Waals surface area contributed by atoms with Gasteiger partial charge in [0.2, 0.25) is 0 Å². The summed E-state index contributed by atoms with van der Waals surface area (Å²) in [5.41, 5.74) is 6.14. The van der Waals surface area contributed by atoms with E-state index >= 15 is 0 Å². The van der Waals surface area contributed by atoms with Gasteiger partial charge in [-0.3, -0.25) is 0 Å². The normalized spacial score (nSPS) is 16.6. The van der Waals surface area contributed by atoms with Crippen molar-refractivity contribution in [3.63, 3.8) is 0 Å². The van der Waals surface area contributed by atoms with Crippen molar-refractivity contribution in [3.8, 4) is 16.8 Å². The molecule has 3 nitrogen and oxygen atoms in total.